The van der Waals surface area contributed by atoms with Crippen LogP contribution in [0.2, 0.25) is 0 Å². The minimum atomic E-state index is -0.617. The van der Waals surface area contributed by atoms with Gasteiger partial charge in [-0.05, 0) is 32.9 Å². The number of amides is 1. The molecule has 0 aliphatic heterocycles. The predicted octanol–water partition coefficient (Wildman–Crippen LogP) is 1.75. The number of thiazole rings is 1. The Morgan fingerprint density at radius 2 is 2.19 bits per heavy atom. The number of nitrogens with one attached hydrogen (secondary N) is 2. The number of hydrogen-bond acceptors (Lipinski definition) is 7. The molecule has 0 saturated carbocycles. The van der Waals surface area contributed by atoms with Crippen molar-refractivity contribution in [2.24, 2.45) is 10.7 Å². The Labute approximate surface area is 161 Å². The topological polar surface area (TPSA) is 132 Å². The Balaban J connectivity index is 1.98. The number of furan rings is 1. The molecule has 0 spiro atoms. The van der Waals surface area contributed by atoms with Crippen LogP contribution < -0.4 is 16.4 Å². The number of aryl methyl sites for hydroxylation is 1. The normalized spacial score (nSPS) is 12.5. The van der Waals surface area contributed by atoms with Crippen LogP contribution in [0.3, 0.4) is 0 Å². The minimum absolute atomic E-state index is 0.105. The molecule has 2 heterocycles. The molecule has 2 aromatic rings. The van der Waals surface area contributed by atoms with Gasteiger partial charge in [-0.2, -0.15) is 0 Å². The number of aromatic nitrogens is 1. The van der Waals surface area contributed by atoms with Crippen LogP contribution in [0.25, 0.3) is 0 Å². The molecule has 0 aromatic carbocycles. The third-order valence-corrected chi connectivity index (χ3v) is 4.88. The lowest BCUT2D eigenvalue weighted by Crippen LogP contribution is -2.38. The molecule has 1 atom stereocenters. The van der Waals surface area contributed by atoms with Gasteiger partial charge in [-0.1, -0.05) is 0 Å². The van der Waals surface area contributed by atoms with Crippen LogP contribution in [0.5, 0.6) is 0 Å². The SMILES string of the molecule is CCOC(=O)c1sc(C(C)NC(=NC)NCc2ccc(C(N)=O)o2)nc1C. The Kier molecular flexibility index (Phi) is 6.94. The largest absolute Gasteiger partial charge is 0.462 e. The molecule has 0 radical (unpaired) electrons. The molecular formula is C17H23N5O4S. The molecule has 0 saturated heterocycles. The summed E-state index contributed by atoms with van der Waals surface area (Å²) in [7, 11) is 1.64. The number of ether oxygens (including phenoxy) is 1. The first-order valence-electron chi connectivity index (χ1n) is 8.35. The number of nitrogens with two attached hydrogens (primary N) is 1. The summed E-state index contributed by atoms with van der Waals surface area (Å²) in [5, 5.41) is 7.02. The van der Waals surface area contributed by atoms with E-state index >= 15 is 0 Å². The molecular weight excluding hydrogens is 370 g/mol. The number of aliphatic imine (C=N–C) groups is 1. The lowest BCUT2D eigenvalue weighted by molar-refractivity contribution is 0.0531. The van der Waals surface area contributed by atoms with E-state index in [0.717, 1.165) is 5.01 Å². The zero-order chi connectivity index (χ0) is 20.0. The second-order valence-corrected chi connectivity index (χ2v) is 6.64. The van der Waals surface area contributed by atoms with Crippen molar-refractivity contribution in [2.75, 3.05) is 13.7 Å². The highest BCUT2D eigenvalue weighted by Crippen LogP contribution is 2.24. The lowest BCUT2D eigenvalue weighted by Gasteiger charge is -2.15. The molecule has 0 bridgehead atoms. The number of primary amides is 1. The fourth-order valence-electron chi connectivity index (χ4n) is 2.23. The number of carbonyl (C=O) groups excluding carboxylic acids is 2. The lowest BCUT2D eigenvalue weighted by atomic mass is 10.3. The van der Waals surface area contributed by atoms with E-state index in [-0.39, 0.29) is 17.8 Å². The first-order valence-corrected chi connectivity index (χ1v) is 9.17. The van der Waals surface area contributed by atoms with Crippen LogP contribution in [0.4, 0.5) is 0 Å². The average Bonchev–Trinajstić information content (AvgIpc) is 3.25. The number of hydrogen-bond donors (Lipinski definition) is 3. The molecule has 0 fully saturated rings. The van der Waals surface area contributed by atoms with E-state index in [1.807, 2.05) is 6.92 Å². The molecule has 10 heteroatoms. The molecule has 0 aliphatic rings. The average molecular weight is 393 g/mol. The van der Waals surface area contributed by atoms with Gasteiger partial charge in [-0.15, -0.1) is 11.3 Å². The van der Waals surface area contributed by atoms with Gasteiger partial charge in [0.25, 0.3) is 5.91 Å². The van der Waals surface area contributed by atoms with Crippen molar-refractivity contribution in [1.82, 2.24) is 15.6 Å². The number of carbonyl (C=O) groups is 2. The Hall–Kier alpha value is -2.88. The predicted molar refractivity (Wildman–Crippen MR) is 102 cm³/mol. The molecule has 0 aliphatic carbocycles. The molecule has 1 amide bonds. The molecule has 27 heavy (non-hydrogen) atoms. The number of nitrogens with zero attached hydrogens (tertiary/aromatic N) is 2. The van der Waals surface area contributed by atoms with Gasteiger partial charge in [-0.3, -0.25) is 9.79 Å². The van der Waals surface area contributed by atoms with Gasteiger partial charge in [0, 0.05) is 7.05 Å². The van der Waals surface area contributed by atoms with Crippen LogP contribution in [0.1, 0.15) is 56.6 Å². The van der Waals surface area contributed by atoms with E-state index in [9.17, 15) is 9.59 Å². The van der Waals surface area contributed by atoms with Crippen molar-refractivity contribution < 1.29 is 18.7 Å². The van der Waals surface area contributed by atoms with Crippen LogP contribution >= 0.6 is 11.3 Å². The Morgan fingerprint density at radius 1 is 1.44 bits per heavy atom. The van der Waals surface area contributed by atoms with E-state index < -0.39 is 5.91 Å². The van der Waals surface area contributed by atoms with Gasteiger partial charge >= 0.3 is 5.97 Å². The Bertz CT molecular complexity index is 842. The summed E-state index contributed by atoms with van der Waals surface area (Å²) >= 11 is 1.29. The first kappa shape index (κ1) is 20.4. The molecule has 9 nitrogen and oxygen atoms in total. The molecule has 2 rings (SSSR count). The summed E-state index contributed by atoms with van der Waals surface area (Å²) in [6, 6.07) is 3.01. The fourth-order valence-corrected chi connectivity index (χ4v) is 3.19. The molecule has 1 unspecified atom stereocenters. The maximum absolute atomic E-state index is 11.9. The van der Waals surface area contributed by atoms with Crippen LogP contribution in [0, 0.1) is 6.92 Å². The van der Waals surface area contributed by atoms with Crippen LogP contribution in [0.15, 0.2) is 21.5 Å². The maximum atomic E-state index is 11.9. The second-order valence-electron chi connectivity index (χ2n) is 5.61. The van der Waals surface area contributed by atoms with E-state index in [4.69, 9.17) is 14.9 Å². The van der Waals surface area contributed by atoms with Crippen LogP contribution in [-0.2, 0) is 11.3 Å². The van der Waals surface area contributed by atoms with Crippen molar-refractivity contribution in [1.29, 1.82) is 0 Å². The van der Waals surface area contributed by atoms with Gasteiger partial charge in [0.15, 0.2) is 11.7 Å². The van der Waals surface area contributed by atoms with Crippen molar-refractivity contribution in [3.05, 3.63) is 39.2 Å². The van der Waals surface area contributed by atoms with Gasteiger partial charge in [-0.25, -0.2) is 9.78 Å². The van der Waals surface area contributed by atoms with E-state index in [2.05, 4.69) is 20.6 Å². The molecule has 4 N–H and O–H groups in total. The Morgan fingerprint density at radius 3 is 2.78 bits per heavy atom. The summed E-state index contributed by atoms with van der Waals surface area (Å²) in [5.74, 6) is 0.192. The summed E-state index contributed by atoms with van der Waals surface area (Å²) in [6.45, 7) is 6.10. The van der Waals surface area contributed by atoms with Gasteiger partial charge in [0.1, 0.15) is 15.6 Å². The quantitative estimate of drug-likeness (QED) is 0.371. The van der Waals surface area contributed by atoms with Crippen molar-refractivity contribution in [2.45, 2.75) is 33.4 Å². The van der Waals surface area contributed by atoms with Crippen LogP contribution in [-0.4, -0.2) is 36.5 Å². The third kappa shape index (κ3) is 5.30. The van der Waals surface area contributed by atoms with E-state index in [1.165, 1.54) is 17.4 Å². The van der Waals surface area contributed by atoms with Gasteiger partial charge in [0.05, 0.1) is 24.9 Å². The smallest absolute Gasteiger partial charge is 0.350 e. The number of guanidine groups is 1. The minimum Gasteiger partial charge on any atom is -0.462 e. The van der Waals surface area contributed by atoms with Crippen molar-refractivity contribution in [3.8, 4) is 0 Å². The zero-order valence-electron chi connectivity index (χ0n) is 15.7. The van der Waals surface area contributed by atoms with Gasteiger partial charge in [0.2, 0.25) is 0 Å². The molecule has 146 valence electrons. The second kappa shape index (κ2) is 9.17. The zero-order valence-corrected chi connectivity index (χ0v) is 16.5. The number of esters is 1. The van der Waals surface area contributed by atoms with Crippen molar-refractivity contribution >= 4 is 29.2 Å². The van der Waals surface area contributed by atoms with E-state index in [1.54, 1.807) is 27.0 Å². The van der Waals surface area contributed by atoms with E-state index in [0.29, 0.717) is 35.4 Å². The summed E-state index contributed by atoms with van der Waals surface area (Å²) < 4.78 is 10.4. The highest BCUT2D eigenvalue weighted by atomic mass is 32.1. The number of rotatable bonds is 7. The molecule has 2 aromatic heterocycles. The summed E-state index contributed by atoms with van der Waals surface area (Å²) in [6.07, 6.45) is 0. The third-order valence-electron chi connectivity index (χ3n) is 3.56. The summed E-state index contributed by atoms with van der Waals surface area (Å²) in [5.41, 5.74) is 5.80. The van der Waals surface area contributed by atoms with Gasteiger partial charge < -0.3 is 25.5 Å². The fraction of sp³-hybridized carbons (Fsp3) is 0.412. The monoisotopic (exact) mass is 393 g/mol. The summed E-state index contributed by atoms with van der Waals surface area (Å²) in [4.78, 5) is 32.1. The van der Waals surface area contributed by atoms with Crippen molar-refractivity contribution in [3.63, 3.8) is 0 Å². The first-order chi connectivity index (χ1) is 12.8. The maximum Gasteiger partial charge on any atom is 0.350 e. The highest BCUT2D eigenvalue weighted by Gasteiger charge is 2.20. The standard InChI is InChI=1S/C17H23N5O4S/c1-5-25-16(24)13-9(2)21-15(27-13)10(3)22-17(19-4)20-8-11-6-7-12(26-11)14(18)23/h6-7,10H,5,8H2,1-4H3,(H2,18,23)(H2,19,20,22). The highest BCUT2D eigenvalue weighted by molar-refractivity contribution is 7.13.